The summed E-state index contributed by atoms with van der Waals surface area (Å²) in [5.41, 5.74) is 4.39. The van der Waals surface area contributed by atoms with Crippen LogP contribution in [0, 0.1) is 5.41 Å². The van der Waals surface area contributed by atoms with Crippen LogP contribution in [0.15, 0.2) is 0 Å². The summed E-state index contributed by atoms with van der Waals surface area (Å²) >= 11 is 0. The lowest BCUT2D eigenvalue weighted by atomic mass is 9.76. The lowest BCUT2D eigenvalue weighted by Gasteiger charge is -2.43. The quantitative estimate of drug-likeness (QED) is 0.797. The number of nitrogens with one attached hydrogen (secondary N) is 1. The van der Waals surface area contributed by atoms with Crippen LogP contribution in [0.5, 0.6) is 0 Å². The van der Waals surface area contributed by atoms with Gasteiger partial charge in [-0.1, -0.05) is 6.42 Å². The van der Waals surface area contributed by atoms with Crippen molar-refractivity contribution >= 4 is 0 Å². The van der Waals surface area contributed by atoms with Crippen LogP contribution in [0.25, 0.3) is 0 Å². The fourth-order valence-electron chi connectivity index (χ4n) is 3.87. The molecule has 104 valence electrons. The Morgan fingerprint density at radius 3 is 2.50 bits per heavy atom. The summed E-state index contributed by atoms with van der Waals surface area (Å²) in [7, 11) is 2.22. The van der Waals surface area contributed by atoms with Gasteiger partial charge in [0.25, 0.3) is 0 Å². The molecular formula is C14H27N3O. The number of hydrogen-bond acceptors (Lipinski definition) is 4. The molecule has 3 aliphatic rings. The molecule has 2 heterocycles. The summed E-state index contributed by atoms with van der Waals surface area (Å²) in [4.78, 5) is 2.41. The molecule has 2 saturated heterocycles. The zero-order valence-electron chi connectivity index (χ0n) is 11.7. The number of hydrazine groups is 1. The van der Waals surface area contributed by atoms with E-state index in [1.165, 1.54) is 58.3 Å². The third kappa shape index (κ3) is 2.57. The minimum absolute atomic E-state index is 0.543. The molecule has 1 aliphatic carbocycles. The highest BCUT2D eigenvalue weighted by atomic mass is 16.5. The highest BCUT2D eigenvalue weighted by Gasteiger charge is 2.44. The van der Waals surface area contributed by atoms with Gasteiger partial charge in [0.15, 0.2) is 0 Å². The zero-order chi connectivity index (χ0) is 12.4. The van der Waals surface area contributed by atoms with E-state index in [0.29, 0.717) is 11.5 Å². The van der Waals surface area contributed by atoms with Gasteiger partial charge in [-0.25, -0.2) is 5.01 Å². The van der Waals surface area contributed by atoms with Crippen molar-refractivity contribution in [1.82, 2.24) is 15.3 Å². The fraction of sp³-hybridized carbons (Fsp3) is 1.00. The van der Waals surface area contributed by atoms with E-state index in [-0.39, 0.29) is 0 Å². The molecule has 4 heteroatoms. The van der Waals surface area contributed by atoms with E-state index >= 15 is 0 Å². The van der Waals surface area contributed by atoms with Crippen LogP contribution in [-0.4, -0.2) is 62.4 Å². The molecule has 1 N–H and O–H groups in total. The van der Waals surface area contributed by atoms with Crippen molar-refractivity contribution in [2.45, 2.75) is 38.1 Å². The van der Waals surface area contributed by atoms with Gasteiger partial charge < -0.3 is 9.64 Å². The number of nitrogens with zero attached hydrogens (tertiary/aromatic N) is 2. The van der Waals surface area contributed by atoms with Gasteiger partial charge in [0.1, 0.15) is 0 Å². The number of piperazine rings is 1. The van der Waals surface area contributed by atoms with Crippen molar-refractivity contribution in [2.75, 3.05) is 46.4 Å². The minimum atomic E-state index is 0.543. The highest BCUT2D eigenvalue weighted by molar-refractivity contribution is 4.97. The van der Waals surface area contributed by atoms with Gasteiger partial charge in [-0.2, -0.15) is 0 Å². The van der Waals surface area contributed by atoms with E-state index in [1.54, 1.807) is 0 Å². The first-order chi connectivity index (χ1) is 8.78. The lowest BCUT2D eigenvalue weighted by Crippen LogP contribution is -2.57. The molecule has 0 aromatic heterocycles. The second-order valence-corrected chi connectivity index (χ2v) is 6.34. The average Bonchev–Trinajstić information content (AvgIpc) is 2.76. The van der Waals surface area contributed by atoms with E-state index in [1.807, 2.05) is 0 Å². The molecule has 3 rings (SSSR count). The highest BCUT2D eigenvalue weighted by Crippen LogP contribution is 2.46. The van der Waals surface area contributed by atoms with Crippen LogP contribution < -0.4 is 5.43 Å². The molecule has 1 saturated carbocycles. The second kappa shape index (κ2) is 5.45. The number of hydrogen-bond donors (Lipinski definition) is 1. The van der Waals surface area contributed by atoms with Crippen molar-refractivity contribution in [3.8, 4) is 0 Å². The Morgan fingerprint density at radius 2 is 1.78 bits per heavy atom. The molecule has 1 unspecified atom stereocenters. The summed E-state index contributed by atoms with van der Waals surface area (Å²) in [6.45, 7) is 6.66. The summed E-state index contributed by atoms with van der Waals surface area (Å²) in [5, 5.41) is 2.47. The van der Waals surface area contributed by atoms with Gasteiger partial charge in [-0.05, 0) is 38.1 Å². The van der Waals surface area contributed by atoms with Crippen molar-refractivity contribution in [3.63, 3.8) is 0 Å². The van der Waals surface area contributed by atoms with Crippen LogP contribution >= 0.6 is 0 Å². The number of likely N-dealkylation sites (N-methyl/N-ethyl adjacent to an activating group) is 1. The molecule has 0 radical (unpaired) electrons. The number of rotatable bonds is 2. The van der Waals surface area contributed by atoms with Gasteiger partial charge >= 0.3 is 0 Å². The van der Waals surface area contributed by atoms with E-state index in [2.05, 4.69) is 22.4 Å². The Balaban J connectivity index is 1.57. The van der Waals surface area contributed by atoms with Gasteiger partial charge in [0, 0.05) is 45.4 Å². The van der Waals surface area contributed by atoms with Gasteiger partial charge in [-0.15, -0.1) is 0 Å². The maximum Gasteiger partial charge on any atom is 0.0471 e. The molecule has 4 nitrogen and oxygen atoms in total. The van der Waals surface area contributed by atoms with Crippen molar-refractivity contribution in [1.29, 1.82) is 0 Å². The maximum absolute atomic E-state index is 5.56. The largest absolute Gasteiger partial charge is 0.381 e. The molecule has 1 spiro atoms. The first-order valence-electron chi connectivity index (χ1n) is 7.56. The second-order valence-electron chi connectivity index (χ2n) is 6.34. The summed E-state index contributed by atoms with van der Waals surface area (Å²) < 4.78 is 5.56. The van der Waals surface area contributed by atoms with Crippen LogP contribution in [0.2, 0.25) is 0 Å². The normalized spacial score (nSPS) is 34.2. The molecule has 0 bridgehead atoms. The zero-order valence-corrected chi connectivity index (χ0v) is 11.7. The van der Waals surface area contributed by atoms with Crippen LogP contribution in [0.3, 0.4) is 0 Å². The van der Waals surface area contributed by atoms with E-state index in [9.17, 15) is 0 Å². The van der Waals surface area contributed by atoms with E-state index < -0.39 is 0 Å². The Labute approximate surface area is 111 Å². The smallest absolute Gasteiger partial charge is 0.0471 e. The third-order valence-corrected chi connectivity index (χ3v) is 5.24. The molecule has 0 aromatic carbocycles. The van der Waals surface area contributed by atoms with Crippen LogP contribution in [0.1, 0.15) is 32.1 Å². The minimum Gasteiger partial charge on any atom is -0.381 e. The standard InChI is InChI=1S/C14H27N3O/c1-16-7-9-17(10-8-16)15-13-3-2-4-14(13)5-11-18-12-6-14/h13,15H,2-12H2,1H3. The Kier molecular flexibility index (Phi) is 3.89. The summed E-state index contributed by atoms with van der Waals surface area (Å²) in [6, 6.07) is 0.699. The molecule has 0 aromatic rings. The molecule has 0 amide bonds. The first kappa shape index (κ1) is 12.9. The predicted molar refractivity (Wildman–Crippen MR) is 72.3 cm³/mol. The topological polar surface area (TPSA) is 27.7 Å². The molecule has 2 aliphatic heterocycles. The fourth-order valence-corrected chi connectivity index (χ4v) is 3.87. The van der Waals surface area contributed by atoms with Crippen molar-refractivity contribution < 1.29 is 4.74 Å². The molecular weight excluding hydrogens is 226 g/mol. The molecule has 1 atom stereocenters. The SMILES string of the molecule is CN1CCN(NC2CCCC23CCOCC3)CC1. The molecule has 18 heavy (non-hydrogen) atoms. The van der Waals surface area contributed by atoms with E-state index in [0.717, 1.165) is 13.2 Å². The third-order valence-electron chi connectivity index (χ3n) is 5.24. The number of ether oxygens (including phenoxy) is 1. The van der Waals surface area contributed by atoms with Crippen LogP contribution in [-0.2, 0) is 4.74 Å². The van der Waals surface area contributed by atoms with Gasteiger partial charge in [-0.3, -0.25) is 5.43 Å². The maximum atomic E-state index is 5.56. The van der Waals surface area contributed by atoms with E-state index in [4.69, 9.17) is 4.74 Å². The van der Waals surface area contributed by atoms with Crippen molar-refractivity contribution in [3.05, 3.63) is 0 Å². The monoisotopic (exact) mass is 253 g/mol. The van der Waals surface area contributed by atoms with Crippen molar-refractivity contribution in [2.24, 2.45) is 5.41 Å². The first-order valence-corrected chi connectivity index (χ1v) is 7.56. The van der Waals surface area contributed by atoms with Crippen LogP contribution in [0.4, 0.5) is 0 Å². The van der Waals surface area contributed by atoms with Gasteiger partial charge in [0.05, 0.1) is 0 Å². The Hall–Kier alpha value is -0.160. The summed E-state index contributed by atoms with van der Waals surface area (Å²) in [6.07, 6.45) is 6.68. The summed E-state index contributed by atoms with van der Waals surface area (Å²) in [5.74, 6) is 0. The average molecular weight is 253 g/mol. The molecule has 3 fully saturated rings. The Bertz CT molecular complexity index is 270. The Morgan fingerprint density at radius 1 is 1.06 bits per heavy atom. The van der Waals surface area contributed by atoms with Gasteiger partial charge in [0.2, 0.25) is 0 Å². The lowest BCUT2D eigenvalue weighted by molar-refractivity contribution is -0.0188. The predicted octanol–water partition coefficient (Wildman–Crippen LogP) is 1.09.